The van der Waals surface area contributed by atoms with Crippen LogP contribution in [0, 0.1) is 19.8 Å². The first kappa shape index (κ1) is 23.0. The molecule has 1 fully saturated rings. The molecule has 2 aromatic rings. The lowest BCUT2D eigenvalue weighted by Gasteiger charge is -2.19. The van der Waals surface area contributed by atoms with Gasteiger partial charge in [0.05, 0.1) is 10.8 Å². The zero-order valence-corrected chi connectivity index (χ0v) is 19.1. The summed E-state index contributed by atoms with van der Waals surface area (Å²) >= 11 is 0. The quantitative estimate of drug-likeness (QED) is 0.686. The van der Waals surface area contributed by atoms with Gasteiger partial charge in [0.2, 0.25) is 21.8 Å². The standard InChI is InChI=1S/C23H29N3O4S/c1-5-17(4)25-31(29,30)20-10-8-19(9-11-20)24-23(28)18-13-22(27)26(14-18)21-12-15(2)6-7-16(21)3/h6-12,17-18,25H,5,13-14H2,1-4H3,(H,24,28). The largest absolute Gasteiger partial charge is 0.326 e. The number of anilines is 2. The first-order chi connectivity index (χ1) is 14.6. The summed E-state index contributed by atoms with van der Waals surface area (Å²) in [5.74, 6) is -0.802. The maximum Gasteiger partial charge on any atom is 0.240 e. The Morgan fingerprint density at radius 2 is 1.84 bits per heavy atom. The Morgan fingerprint density at radius 1 is 1.16 bits per heavy atom. The van der Waals surface area contributed by atoms with E-state index in [0.717, 1.165) is 16.8 Å². The maximum atomic E-state index is 12.7. The number of hydrogen-bond donors (Lipinski definition) is 2. The summed E-state index contributed by atoms with van der Waals surface area (Å²) in [6.07, 6.45) is 0.830. The van der Waals surface area contributed by atoms with Gasteiger partial charge in [-0.05, 0) is 68.7 Å². The number of nitrogens with one attached hydrogen (secondary N) is 2. The van der Waals surface area contributed by atoms with Crippen LogP contribution in [0.1, 0.15) is 37.8 Å². The molecule has 0 aromatic heterocycles. The van der Waals surface area contributed by atoms with Crippen molar-refractivity contribution in [2.45, 2.75) is 51.5 Å². The second-order valence-corrected chi connectivity index (χ2v) is 9.85. The van der Waals surface area contributed by atoms with Crippen LogP contribution in [0.25, 0.3) is 0 Å². The van der Waals surface area contributed by atoms with E-state index in [0.29, 0.717) is 18.7 Å². The van der Waals surface area contributed by atoms with Gasteiger partial charge in [-0.25, -0.2) is 13.1 Å². The topological polar surface area (TPSA) is 95.6 Å². The highest BCUT2D eigenvalue weighted by atomic mass is 32.2. The van der Waals surface area contributed by atoms with Gasteiger partial charge in [0.25, 0.3) is 0 Å². The molecule has 2 amide bonds. The maximum absolute atomic E-state index is 12.7. The summed E-state index contributed by atoms with van der Waals surface area (Å²) in [4.78, 5) is 27.1. The third-order valence-corrected chi connectivity index (χ3v) is 7.16. The third kappa shape index (κ3) is 5.32. The lowest BCUT2D eigenvalue weighted by Crippen LogP contribution is -2.32. The average molecular weight is 444 g/mol. The van der Waals surface area contributed by atoms with Crippen LogP contribution in [0.4, 0.5) is 11.4 Å². The number of amides is 2. The van der Waals surface area contributed by atoms with E-state index in [1.54, 1.807) is 24.0 Å². The van der Waals surface area contributed by atoms with Gasteiger partial charge in [-0.1, -0.05) is 19.1 Å². The third-order valence-electron chi connectivity index (χ3n) is 5.55. The van der Waals surface area contributed by atoms with Crippen molar-refractivity contribution in [3.8, 4) is 0 Å². The fourth-order valence-corrected chi connectivity index (χ4v) is 4.83. The molecule has 166 valence electrons. The number of carbonyl (C=O) groups is 2. The zero-order chi connectivity index (χ0) is 22.8. The van der Waals surface area contributed by atoms with Gasteiger partial charge in [-0.3, -0.25) is 9.59 Å². The molecule has 1 heterocycles. The molecule has 7 nitrogen and oxygen atoms in total. The van der Waals surface area contributed by atoms with Gasteiger partial charge in [0, 0.05) is 30.4 Å². The molecule has 1 aliphatic rings. The van der Waals surface area contributed by atoms with Crippen LogP contribution < -0.4 is 14.9 Å². The van der Waals surface area contributed by atoms with Crippen molar-refractivity contribution in [3.05, 3.63) is 53.6 Å². The first-order valence-corrected chi connectivity index (χ1v) is 11.9. The Kier molecular flexibility index (Phi) is 6.81. The van der Waals surface area contributed by atoms with E-state index in [1.807, 2.05) is 39.0 Å². The predicted molar refractivity (Wildman–Crippen MR) is 122 cm³/mol. The van der Waals surface area contributed by atoms with E-state index in [-0.39, 0.29) is 29.2 Å². The molecule has 0 aliphatic carbocycles. The molecule has 0 bridgehead atoms. The summed E-state index contributed by atoms with van der Waals surface area (Å²) in [5.41, 5.74) is 3.37. The summed E-state index contributed by atoms with van der Waals surface area (Å²) in [6, 6.07) is 11.8. The molecular weight excluding hydrogens is 414 g/mol. The van der Waals surface area contributed by atoms with Crippen molar-refractivity contribution < 1.29 is 18.0 Å². The van der Waals surface area contributed by atoms with Crippen LogP contribution in [0.3, 0.4) is 0 Å². The molecule has 1 saturated heterocycles. The second kappa shape index (κ2) is 9.20. The minimum absolute atomic E-state index is 0.0774. The van der Waals surface area contributed by atoms with E-state index in [9.17, 15) is 18.0 Å². The molecule has 0 spiro atoms. The van der Waals surface area contributed by atoms with Gasteiger partial charge < -0.3 is 10.2 Å². The summed E-state index contributed by atoms with van der Waals surface area (Å²) in [7, 11) is -3.60. The van der Waals surface area contributed by atoms with Crippen molar-refractivity contribution >= 4 is 33.2 Å². The Morgan fingerprint density at radius 3 is 2.48 bits per heavy atom. The van der Waals surface area contributed by atoms with E-state index >= 15 is 0 Å². The van der Waals surface area contributed by atoms with Crippen LogP contribution in [0.2, 0.25) is 0 Å². The molecule has 1 aliphatic heterocycles. The monoisotopic (exact) mass is 443 g/mol. The molecule has 2 aromatic carbocycles. The normalized spacial score (nSPS) is 17.6. The Bertz CT molecular complexity index is 1080. The van der Waals surface area contributed by atoms with Gasteiger partial charge in [0.1, 0.15) is 0 Å². The van der Waals surface area contributed by atoms with Crippen LogP contribution in [0.5, 0.6) is 0 Å². The molecule has 3 rings (SSSR count). The lowest BCUT2D eigenvalue weighted by atomic mass is 10.1. The Labute approximate surface area is 183 Å². The van der Waals surface area contributed by atoms with Crippen molar-refractivity contribution in [1.29, 1.82) is 0 Å². The van der Waals surface area contributed by atoms with Gasteiger partial charge in [-0.2, -0.15) is 0 Å². The van der Waals surface area contributed by atoms with Crippen LogP contribution >= 0.6 is 0 Å². The van der Waals surface area contributed by atoms with Crippen molar-refractivity contribution in [2.75, 3.05) is 16.8 Å². The number of aryl methyl sites for hydroxylation is 2. The van der Waals surface area contributed by atoms with Crippen molar-refractivity contribution in [2.24, 2.45) is 5.92 Å². The van der Waals surface area contributed by atoms with Crippen molar-refractivity contribution in [3.63, 3.8) is 0 Å². The van der Waals surface area contributed by atoms with Crippen LogP contribution in [-0.4, -0.2) is 32.8 Å². The second-order valence-electron chi connectivity index (χ2n) is 8.14. The van der Waals surface area contributed by atoms with Gasteiger partial charge >= 0.3 is 0 Å². The minimum atomic E-state index is -3.60. The molecular formula is C23H29N3O4S. The van der Waals surface area contributed by atoms with Crippen LogP contribution in [0.15, 0.2) is 47.4 Å². The molecule has 0 saturated carbocycles. The number of carbonyl (C=O) groups excluding carboxylic acids is 2. The average Bonchev–Trinajstić information content (AvgIpc) is 3.11. The number of rotatable bonds is 7. The van der Waals surface area contributed by atoms with Gasteiger partial charge in [-0.15, -0.1) is 0 Å². The summed E-state index contributed by atoms with van der Waals surface area (Å²) in [5, 5.41) is 2.80. The molecule has 2 N–H and O–H groups in total. The van der Waals surface area contributed by atoms with Crippen LogP contribution in [-0.2, 0) is 19.6 Å². The van der Waals surface area contributed by atoms with E-state index in [2.05, 4.69) is 10.0 Å². The highest BCUT2D eigenvalue weighted by Crippen LogP contribution is 2.29. The van der Waals surface area contributed by atoms with Crippen molar-refractivity contribution in [1.82, 2.24) is 4.72 Å². The van der Waals surface area contributed by atoms with E-state index in [4.69, 9.17) is 0 Å². The smallest absolute Gasteiger partial charge is 0.240 e. The Hall–Kier alpha value is -2.71. The van der Waals surface area contributed by atoms with Gasteiger partial charge in [0.15, 0.2) is 0 Å². The Balaban J connectivity index is 1.67. The molecule has 0 radical (unpaired) electrons. The molecule has 2 unspecified atom stereocenters. The fraction of sp³-hybridized carbons (Fsp3) is 0.391. The molecule has 2 atom stereocenters. The highest BCUT2D eigenvalue weighted by molar-refractivity contribution is 7.89. The zero-order valence-electron chi connectivity index (χ0n) is 18.3. The number of sulfonamides is 1. The van der Waals surface area contributed by atoms with E-state index in [1.165, 1.54) is 12.1 Å². The number of benzene rings is 2. The molecule has 31 heavy (non-hydrogen) atoms. The summed E-state index contributed by atoms with van der Waals surface area (Å²) in [6.45, 7) is 7.94. The minimum Gasteiger partial charge on any atom is -0.326 e. The fourth-order valence-electron chi connectivity index (χ4n) is 3.50. The highest BCUT2D eigenvalue weighted by Gasteiger charge is 2.35. The summed E-state index contributed by atoms with van der Waals surface area (Å²) < 4.78 is 27.3. The number of hydrogen-bond acceptors (Lipinski definition) is 4. The lowest BCUT2D eigenvalue weighted by molar-refractivity contribution is -0.122. The van der Waals surface area contributed by atoms with E-state index < -0.39 is 15.9 Å². The first-order valence-electron chi connectivity index (χ1n) is 10.4. The molecule has 8 heteroatoms. The predicted octanol–water partition coefficient (Wildman–Crippen LogP) is 3.37. The SMILES string of the molecule is CCC(C)NS(=O)(=O)c1ccc(NC(=O)C2CC(=O)N(c3cc(C)ccc3C)C2)cc1. The number of nitrogens with zero attached hydrogens (tertiary/aromatic N) is 1.